The zero-order valence-corrected chi connectivity index (χ0v) is 12.0. The van der Waals surface area contributed by atoms with Crippen LogP contribution in [0.4, 0.5) is 0 Å². The van der Waals surface area contributed by atoms with Gasteiger partial charge in [0.15, 0.2) is 9.84 Å². The molecule has 1 heterocycles. The molecule has 0 saturated carbocycles. The van der Waals surface area contributed by atoms with E-state index in [1.54, 1.807) is 12.1 Å². The van der Waals surface area contributed by atoms with Crippen LogP contribution >= 0.6 is 0 Å². The lowest BCUT2D eigenvalue weighted by molar-refractivity contribution is 0.0987. The van der Waals surface area contributed by atoms with E-state index in [0.29, 0.717) is 11.4 Å². The lowest BCUT2D eigenvalue weighted by atomic mass is 9.70. The van der Waals surface area contributed by atoms with Crippen LogP contribution in [0.25, 0.3) is 0 Å². The average Bonchev–Trinajstić information content (AvgIpc) is 2.69. The molecule has 4 nitrogen and oxygen atoms in total. The first-order chi connectivity index (χ1) is 9.00. The lowest BCUT2D eigenvalue weighted by Crippen LogP contribution is -2.40. The summed E-state index contributed by atoms with van der Waals surface area (Å²) in [5.74, 6) is -0.145. The van der Waals surface area contributed by atoms with Gasteiger partial charge < -0.3 is 10.8 Å². The van der Waals surface area contributed by atoms with Crippen LogP contribution in [0.15, 0.2) is 29.2 Å². The summed E-state index contributed by atoms with van der Waals surface area (Å²) >= 11 is 0. The summed E-state index contributed by atoms with van der Waals surface area (Å²) in [6.45, 7) is 2.24. The maximum absolute atomic E-state index is 12.2. The van der Waals surface area contributed by atoms with Crippen LogP contribution in [0.5, 0.6) is 0 Å². The van der Waals surface area contributed by atoms with Crippen molar-refractivity contribution in [3.05, 3.63) is 29.8 Å². The fourth-order valence-corrected chi connectivity index (χ4v) is 5.13. The Labute approximate surface area is 114 Å². The van der Waals surface area contributed by atoms with Gasteiger partial charge in [0.1, 0.15) is 0 Å². The summed E-state index contributed by atoms with van der Waals surface area (Å²) in [6, 6.07) is 7.08. The van der Waals surface area contributed by atoms with Gasteiger partial charge in [-0.1, -0.05) is 31.5 Å². The van der Waals surface area contributed by atoms with Crippen molar-refractivity contribution in [3.8, 4) is 0 Å². The Hall–Kier alpha value is -0.910. The monoisotopic (exact) mass is 283 g/mol. The van der Waals surface area contributed by atoms with E-state index in [2.05, 4.69) is 0 Å². The molecule has 1 aromatic carbocycles. The first-order valence-corrected chi connectivity index (χ1v) is 8.28. The van der Waals surface area contributed by atoms with E-state index in [9.17, 15) is 13.5 Å². The molecule has 3 N–H and O–H groups in total. The van der Waals surface area contributed by atoms with Crippen LogP contribution in [-0.4, -0.2) is 32.4 Å². The fraction of sp³-hybridized carbons (Fsp3) is 0.571. The molecule has 0 amide bonds. The van der Waals surface area contributed by atoms with Crippen LogP contribution < -0.4 is 5.73 Å². The molecule has 0 fully saturated rings. The van der Waals surface area contributed by atoms with Gasteiger partial charge in [-0.25, -0.2) is 8.42 Å². The van der Waals surface area contributed by atoms with Gasteiger partial charge >= 0.3 is 0 Å². The number of rotatable bonds is 5. The summed E-state index contributed by atoms with van der Waals surface area (Å²) in [7, 11) is -3.24. The zero-order valence-electron chi connectivity index (χ0n) is 11.2. The van der Waals surface area contributed by atoms with Crippen LogP contribution in [0, 0.1) is 5.41 Å². The molecule has 0 aliphatic carbocycles. The van der Waals surface area contributed by atoms with E-state index in [0.717, 1.165) is 18.4 Å². The van der Waals surface area contributed by atoms with Gasteiger partial charge in [0.05, 0.1) is 17.3 Å². The third kappa shape index (κ3) is 2.30. The van der Waals surface area contributed by atoms with Gasteiger partial charge in [0.2, 0.25) is 0 Å². The van der Waals surface area contributed by atoms with Crippen LogP contribution in [0.1, 0.15) is 31.2 Å². The van der Waals surface area contributed by atoms with Crippen molar-refractivity contribution >= 4 is 9.84 Å². The van der Waals surface area contributed by atoms with E-state index in [4.69, 9.17) is 5.73 Å². The maximum Gasteiger partial charge on any atom is 0.179 e. The van der Waals surface area contributed by atoms with E-state index in [1.807, 2.05) is 19.1 Å². The molecule has 0 saturated heterocycles. The summed E-state index contributed by atoms with van der Waals surface area (Å²) < 4.78 is 24.4. The van der Waals surface area contributed by atoms with E-state index < -0.39 is 15.3 Å². The second kappa shape index (κ2) is 5.23. The zero-order chi connectivity index (χ0) is 14.1. The number of hydrogen-bond donors (Lipinski definition) is 2. The lowest BCUT2D eigenvalue weighted by Gasteiger charge is -2.36. The van der Waals surface area contributed by atoms with Crippen molar-refractivity contribution in [3.63, 3.8) is 0 Å². The second-order valence-corrected chi connectivity index (χ2v) is 7.35. The summed E-state index contributed by atoms with van der Waals surface area (Å²) in [4.78, 5) is 0.405. The first-order valence-electron chi connectivity index (χ1n) is 6.63. The number of hydrogen-bond acceptors (Lipinski definition) is 4. The molecule has 1 aromatic rings. The minimum atomic E-state index is -3.24. The predicted octanol–water partition coefficient (Wildman–Crippen LogP) is 1.29. The molecule has 2 atom stereocenters. The average molecular weight is 283 g/mol. The summed E-state index contributed by atoms with van der Waals surface area (Å²) in [5, 5.41) is 9.79. The Morgan fingerprint density at radius 1 is 1.42 bits per heavy atom. The smallest absolute Gasteiger partial charge is 0.179 e. The third-order valence-electron chi connectivity index (χ3n) is 4.22. The van der Waals surface area contributed by atoms with Gasteiger partial charge in [0, 0.05) is 17.9 Å². The molecule has 19 heavy (non-hydrogen) atoms. The number of fused-ring (bicyclic) bond motifs is 1. The largest absolute Gasteiger partial charge is 0.396 e. The van der Waals surface area contributed by atoms with Gasteiger partial charge in [-0.15, -0.1) is 0 Å². The molecule has 2 rings (SSSR count). The molecule has 5 heteroatoms. The number of sulfone groups is 1. The van der Waals surface area contributed by atoms with E-state index >= 15 is 0 Å². The molecule has 1 aliphatic heterocycles. The van der Waals surface area contributed by atoms with Crippen molar-refractivity contribution in [2.45, 2.75) is 30.6 Å². The Balaban J connectivity index is 2.53. The third-order valence-corrected chi connectivity index (χ3v) is 6.04. The standard InChI is InChI=1S/C14H21NO3S/c1-2-7-14(9-15,10-16)12-8-19(17,18)13-6-4-3-5-11(12)13/h3-6,12,16H,2,7-10,15H2,1H3. The van der Waals surface area contributed by atoms with Crippen molar-refractivity contribution in [2.75, 3.05) is 18.9 Å². The van der Waals surface area contributed by atoms with Gasteiger partial charge in [0.25, 0.3) is 0 Å². The van der Waals surface area contributed by atoms with Gasteiger partial charge in [-0.3, -0.25) is 0 Å². The highest BCUT2D eigenvalue weighted by atomic mass is 32.2. The molecule has 2 unspecified atom stereocenters. The molecule has 106 valence electrons. The van der Waals surface area contributed by atoms with Crippen LogP contribution in [-0.2, 0) is 9.84 Å². The van der Waals surface area contributed by atoms with Crippen LogP contribution in [0.3, 0.4) is 0 Å². The van der Waals surface area contributed by atoms with Crippen molar-refractivity contribution in [1.29, 1.82) is 0 Å². The predicted molar refractivity (Wildman–Crippen MR) is 74.7 cm³/mol. The van der Waals surface area contributed by atoms with E-state index in [1.165, 1.54) is 0 Å². The Bertz CT molecular complexity index is 550. The molecule has 0 bridgehead atoms. The Morgan fingerprint density at radius 2 is 2.11 bits per heavy atom. The molecular weight excluding hydrogens is 262 g/mol. The topological polar surface area (TPSA) is 80.4 Å². The molecule has 0 radical (unpaired) electrons. The van der Waals surface area contributed by atoms with E-state index in [-0.39, 0.29) is 18.3 Å². The maximum atomic E-state index is 12.2. The SMILES string of the molecule is CCCC(CN)(CO)C1CS(=O)(=O)c2ccccc21. The quantitative estimate of drug-likeness (QED) is 0.853. The van der Waals surface area contributed by atoms with Crippen molar-refractivity contribution in [1.82, 2.24) is 0 Å². The van der Waals surface area contributed by atoms with Gasteiger partial charge in [-0.05, 0) is 18.1 Å². The van der Waals surface area contributed by atoms with Crippen molar-refractivity contribution in [2.24, 2.45) is 11.1 Å². The molecule has 0 aromatic heterocycles. The fourth-order valence-electron chi connectivity index (χ4n) is 3.13. The highest BCUT2D eigenvalue weighted by molar-refractivity contribution is 7.91. The Kier molecular flexibility index (Phi) is 3.99. The minimum absolute atomic E-state index is 0.0596. The van der Waals surface area contributed by atoms with Crippen molar-refractivity contribution < 1.29 is 13.5 Å². The normalized spacial score (nSPS) is 23.8. The Morgan fingerprint density at radius 3 is 2.68 bits per heavy atom. The second-order valence-electron chi connectivity index (χ2n) is 5.35. The molecule has 0 spiro atoms. The first kappa shape index (κ1) is 14.5. The summed E-state index contributed by atoms with van der Waals surface area (Å²) in [6.07, 6.45) is 1.60. The van der Waals surface area contributed by atoms with Gasteiger partial charge in [-0.2, -0.15) is 0 Å². The number of aliphatic hydroxyl groups excluding tert-OH is 1. The minimum Gasteiger partial charge on any atom is -0.396 e. The van der Waals surface area contributed by atoms with Crippen LogP contribution in [0.2, 0.25) is 0 Å². The number of nitrogens with two attached hydrogens (primary N) is 1. The summed E-state index contributed by atoms with van der Waals surface area (Å²) in [5.41, 5.74) is 6.16. The highest BCUT2D eigenvalue weighted by Crippen LogP contribution is 2.47. The number of aliphatic hydroxyl groups is 1. The molecular formula is C14H21NO3S. The number of benzene rings is 1. The molecule has 1 aliphatic rings. The highest BCUT2D eigenvalue weighted by Gasteiger charge is 2.46.